The van der Waals surface area contributed by atoms with E-state index in [9.17, 15) is 5.11 Å². The summed E-state index contributed by atoms with van der Waals surface area (Å²) in [6.45, 7) is 2.72. The van der Waals surface area contributed by atoms with E-state index in [0.717, 1.165) is 17.4 Å². The molecule has 2 atom stereocenters. The van der Waals surface area contributed by atoms with Crippen molar-refractivity contribution < 1.29 is 5.11 Å². The first-order valence-electron chi connectivity index (χ1n) is 6.36. The van der Waals surface area contributed by atoms with E-state index < -0.39 is 0 Å². The molecule has 94 valence electrons. The molecule has 0 aromatic heterocycles. The van der Waals surface area contributed by atoms with Crippen molar-refractivity contribution in [2.75, 3.05) is 6.54 Å². The third kappa shape index (κ3) is 3.54. The number of aliphatic hydroxyl groups excluding tert-OH is 1. The molecule has 1 aromatic rings. The molecular weight excluding hydrogens is 278 g/mol. The quantitative estimate of drug-likeness (QED) is 0.895. The predicted octanol–water partition coefficient (Wildman–Crippen LogP) is 3.19. The van der Waals surface area contributed by atoms with Gasteiger partial charge in [0.25, 0.3) is 0 Å². The van der Waals surface area contributed by atoms with Gasteiger partial charge in [-0.3, -0.25) is 0 Å². The lowest BCUT2D eigenvalue weighted by atomic mass is 9.87. The Hall–Kier alpha value is -0.380. The average molecular weight is 298 g/mol. The first-order chi connectivity index (χ1) is 8.16. The Morgan fingerprint density at radius 1 is 1.53 bits per heavy atom. The van der Waals surface area contributed by atoms with Gasteiger partial charge in [0.1, 0.15) is 0 Å². The Kier molecular flexibility index (Phi) is 4.60. The van der Waals surface area contributed by atoms with Crippen molar-refractivity contribution in [3.05, 3.63) is 33.8 Å². The van der Waals surface area contributed by atoms with E-state index in [0.29, 0.717) is 6.04 Å². The van der Waals surface area contributed by atoms with E-state index in [2.05, 4.69) is 39.4 Å². The van der Waals surface area contributed by atoms with Crippen molar-refractivity contribution in [3.8, 4) is 0 Å². The third-order valence-corrected chi connectivity index (χ3v) is 3.87. The van der Waals surface area contributed by atoms with Gasteiger partial charge in [0.15, 0.2) is 0 Å². The summed E-state index contributed by atoms with van der Waals surface area (Å²) in [6.07, 6.45) is 4.24. The zero-order chi connectivity index (χ0) is 12.3. The number of hydrogen-bond acceptors (Lipinski definition) is 2. The maximum absolute atomic E-state index is 9.27. The van der Waals surface area contributed by atoms with Crippen LogP contribution in [-0.2, 0) is 6.42 Å². The van der Waals surface area contributed by atoms with Gasteiger partial charge in [0, 0.05) is 10.5 Å². The van der Waals surface area contributed by atoms with E-state index in [1.807, 2.05) is 6.92 Å². The summed E-state index contributed by atoms with van der Waals surface area (Å²) in [5, 5.41) is 12.8. The lowest BCUT2D eigenvalue weighted by molar-refractivity contribution is 0.181. The number of aryl methyl sites for hydroxylation is 1. The summed E-state index contributed by atoms with van der Waals surface area (Å²) in [5.41, 5.74) is 2.89. The Labute approximate surface area is 112 Å². The van der Waals surface area contributed by atoms with Gasteiger partial charge < -0.3 is 10.4 Å². The molecule has 0 aliphatic heterocycles. The van der Waals surface area contributed by atoms with Crippen LogP contribution in [0, 0.1) is 0 Å². The second-order valence-corrected chi connectivity index (χ2v) is 5.80. The summed E-state index contributed by atoms with van der Waals surface area (Å²) in [5.74, 6) is 0. The first-order valence-corrected chi connectivity index (χ1v) is 7.16. The summed E-state index contributed by atoms with van der Waals surface area (Å²) < 4.78 is 1.15. The van der Waals surface area contributed by atoms with E-state index in [-0.39, 0.29) is 6.10 Å². The molecular formula is C14H20BrNO. The van der Waals surface area contributed by atoms with Gasteiger partial charge >= 0.3 is 0 Å². The van der Waals surface area contributed by atoms with E-state index in [1.165, 1.54) is 30.4 Å². The molecule has 2 N–H and O–H groups in total. The number of halogens is 1. The minimum atomic E-state index is -0.215. The van der Waals surface area contributed by atoms with Gasteiger partial charge in [-0.1, -0.05) is 22.0 Å². The smallest absolute Gasteiger partial charge is 0.0524 e. The zero-order valence-electron chi connectivity index (χ0n) is 10.2. The number of aliphatic hydroxyl groups is 1. The molecule has 3 heteroatoms. The summed E-state index contributed by atoms with van der Waals surface area (Å²) in [6, 6.07) is 7.03. The van der Waals surface area contributed by atoms with E-state index in [1.54, 1.807) is 0 Å². The average Bonchev–Trinajstić information content (AvgIpc) is 2.29. The maximum atomic E-state index is 9.27. The van der Waals surface area contributed by atoms with E-state index in [4.69, 9.17) is 0 Å². The van der Waals surface area contributed by atoms with E-state index >= 15 is 0 Å². The minimum Gasteiger partial charge on any atom is -0.393 e. The SMILES string of the molecule is CC(O)CCNC1CCCc2ccc(Br)cc21. The highest BCUT2D eigenvalue weighted by molar-refractivity contribution is 9.10. The van der Waals surface area contributed by atoms with Crippen molar-refractivity contribution in [1.82, 2.24) is 5.32 Å². The fourth-order valence-corrected chi connectivity index (χ4v) is 2.83. The second-order valence-electron chi connectivity index (χ2n) is 4.88. The normalized spacial score (nSPS) is 21.0. The van der Waals surface area contributed by atoms with Crippen molar-refractivity contribution >= 4 is 15.9 Å². The van der Waals surface area contributed by atoms with Gasteiger partial charge in [-0.2, -0.15) is 0 Å². The number of benzene rings is 1. The van der Waals surface area contributed by atoms with Crippen LogP contribution in [0.25, 0.3) is 0 Å². The van der Waals surface area contributed by atoms with Crippen LogP contribution in [0.3, 0.4) is 0 Å². The molecule has 1 aliphatic carbocycles. The molecule has 0 fully saturated rings. The predicted molar refractivity (Wildman–Crippen MR) is 74.1 cm³/mol. The molecule has 17 heavy (non-hydrogen) atoms. The molecule has 1 aliphatic rings. The molecule has 0 saturated heterocycles. The molecule has 0 saturated carbocycles. The number of fused-ring (bicyclic) bond motifs is 1. The molecule has 1 aromatic carbocycles. The van der Waals surface area contributed by atoms with Gasteiger partial charge in [0.05, 0.1) is 6.10 Å². The Morgan fingerprint density at radius 3 is 3.12 bits per heavy atom. The van der Waals surface area contributed by atoms with Crippen molar-refractivity contribution in [3.63, 3.8) is 0 Å². The lowest BCUT2D eigenvalue weighted by Gasteiger charge is -2.27. The molecule has 0 heterocycles. The highest BCUT2D eigenvalue weighted by atomic mass is 79.9. The van der Waals surface area contributed by atoms with Gasteiger partial charge in [-0.25, -0.2) is 0 Å². The lowest BCUT2D eigenvalue weighted by Crippen LogP contribution is -2.27. The second kappa shape index (κ2) is 5.98. The van der Waals surface area contributed by atoms with Crippen LogP contribution in [0.15, 0.2) is 22.7 Å². The summed E-state index contributed by atoms with van der Waals surface area (Å²) >= 11 is 3.54. The molecule has 2 rings (SSSR count). The highest BCUT2D eigenvalue weighted by Gasteiger charge is 2.19. The van der Waals surface area contributed by atoms with Crippen LogP contribution in [-0.4, -0.2) is 17.8 Å². The van der Waals surface area contributed by atoms with Gasteiger partial charge in [-0.15, -0.1) is 0 Å². The standard InChI is InChI=1S/C14H20BrNO/c1-10(17)7-8-16-14-4-2-3-11-5-6-12(15)9-13(11)14/h5-6,9-10,14,16-17H,2-4,7-8H2,1H3. The number of rotatable bonds is 4. The largest absolute Gasteiger partial charge is 0.393 e. The Morgan fingerprint density at radius 2 is 2.35 bits per heavy atom. The number of nitrogens with one attached hydrogen (secondary N) is 1. The Bertz CT molecular complexity index is 378. The Balaban J connectivity index is 2.03. The van der Waals surface area contributed by atoms with Gasteiger partial charge in [-0.05, 0) is 62.4 Å². The fraction of sp³-hybridized carbons (Fsp3) is 0.571. The third-order valence-electron chi connectivity index (χ3n) is 3.38. The van der Waals surface area contributed by atoms with Crippen molar-refractivity contribution in [2.45, 2.75) is 44.8 Å². The topological polar surface area (TPSA) is 32.3 Å². The maximum Gasteiger partial charge on any atom is 0.0524 e. The van der Waals surface area contributed by atoms with Crippen LogP contribution >= 0.6 is 15.9 Å². The van der Waals surface area contributed by atoms with Crippen LogP contribution in [0.1, 0.15) is 43.4 Å². The highest BCUT2D eigenvalue weighted by Crippen LogP contribution is 2.31. The van der Waals surface area contributed by atoms with Crippen LogP contribution in [0.4, 0.5) is 0 Å². The fourth-order valence-electron chi connectivity index (χ4n) is 2.45. The molecule has 2 unspecified atom stereocenters. The zero-order valence-corrected chi connectivity index (χ0v) is 11.8. The molecule has 2 nitrogen and oxygen atoms in total. The summed E-state index contributed by atoms with van der Waals surface area (Å²) in [4.78, 5) is 0. The monoisotopic (exact) mass is 297 g/mol. The van der Waals surface area contributed by atoms with Gasteiger partial charge in [0.2, 0.25) is 0 Å². The van der Waals surface area contributed by atoms with Crippen molar-refractivity contribution in [1.29, 1.82) is 0 Å². The first kappa shape index (κ1) is 13.1. The molecule has 0 spiro atoms. The molecule has 0 amide bonds. The van der Waals surface area contributed by atoms with Crippen LogP contribution in [0.2, 0.25) is 0 Å². The molecule has 0 radical (unpaired) electrons. The van der Waals surface area contributed by atoms with Crippen molar-refractivity contribution in [2.24, 2.45) is 0 Å². The summed E-state index contributed by atoms with van der Waals surface area (Å²) in [7, 11) is 0. The number of hydrogen-bond donors (Lipinski definition) is 2. The minimum absolute atomic E-state index is 0.215. The molecule has 0 bridgehead atoms. The van der Waals surface area contributed by atoms with Crippen LogP contribution < -0.4 is 5.32 Å². The van der Waals surface area contributed by atoms with Crippen LogP contribution in [0.5, 0.6) is 0 Å².